The van der Waals surface area contributed by atoms with Crippen molar-refractivity contribution >= 4 is 15.8 Å². The summed E-state index contributed by atoms with van der Waals surface area (Å²) in [6, 6.07) is 18.1. The third-order valence-electron chi connectivity index (χ3n) is 7.86. The molecule has 2 aromatic carbocycles. The van der Waals surface area contributed by atoms with Gasteiger partial charge in [0.25, 0.3) is 0 Å². The fraction of sp³-hybridized carbons (Fsp3) is 0.400. The van der Waals surface area contributed by atoms with Crippen molar-refractivity contribution in [3.63, 3.8) is 0 Å². The Morgan fingerprint density at radius 3 is 2.52 bits per heavy atom. The van der Waals surface area contributed by atoms with E-state index in [2.05, 4.69) is 9.62 Å². The van der Waals surface area contributed by atoms with Crippen molar-refractivity contribution in [2.24, 2.45) is 0 Å². The Labute approximate surface area is 234 Å². The van der Waals surface area contributed by atoms with Crippen LogP contribution in [0.5, 0.6) is 11.5 Å². The first-order chi connectivity index (χ1) is 19.4. The first-order valence-electron chi connectivity index (χ1n) is 13.7. The second-order valence-electron chi connectivity index (χ2n) is 10.5. The zero-order valence-corrected chi connectivity index (χ0v) is 23.1. The quantitative estimate of drug-likeness (QED) is 0.354. The van der Waals surface area contributed by atoms with Crippen molar-refractivity contribution < 1.29 is 27.4 Å². The summed E-state index contributed by atoms with van der Waals surface area (Å²) >= 11 is 0. The van der Waals surface area contributed by atoms with E-state index in [4.69, 9.17) is 19.2 Å². The number of nitrogens with one attached hydrogen (secondary N) is 1. The molecular weight excluding hydrogens is 530 g/mol. The second kappa shape index (κ2) is 11.3. The van der Waals surface area contributed by atoms with Crippen LogP contribution in [0.4, 0.5) is 0 Å². The molecule has 2 aliphatic heterocycles. The number of pyridine rings is 1. The number of carbonyl (C=O) groups is 1. The summed E-state index contributed by atoms with van der Waals surface area (Å²) in [6.45, 7) is 4.66. The third kappa shape index (κ3) is 5.76. The van der Waals surface area contributed by atoms with Gasteiger partial charge in [-0.3, -0.25) is 14.7 Å². The molecule has 0 unspecified atom stereocenters. The highest BCUT2D eigenvalue weighted by Crippen LogP contribution is 2.51. The van der Waals surface area contributed by atoms with Gasteiger partial charge in [0.05, 0.1) is 29.2 Å². The van der Waals surface area contributed by atoms with Crippen LogP contribution in [0.15, 0.2) is 65.6 Å². The van der Waals surface area contributed by atoms with E-state index >= 15 is 0 Å². The molecule has 40 heavy (non-hydrogen) atoms. The SMILES string of the molecule is O=C(Cc1cccc(-c2ccc(S(=O)(=O)NCCCN3CCOCC3)cc2)n1)C1(c2ccc3c(c2)OCO3)CC1. The van der Waals surface area contributed by atoms with Gasteiger partial charge in [0, 0.05) is 37.3 Å². The Morgan fingerprint density at radius 1 is 0.975 bits per heavy atom. The summed E-state index contributed by atoms with van der Waals surface area (Å²) in [6.07, 6.45) is 2.58. The Hall–Kier alpha value is -3.31. The largest absolute Gasteiger partial charge is 0.454 e. The van der Waals surface area contributed by atoms with E-state index in [1.165, 1.54) is 0 Å². The molecule has 0 amide bonds. The van der Waals surface area contributed by atoms with Gasteiger partial charge in [-0.15, -0.1) is 0 Å². The minimum Gasteiger partial charge on any atom is -0.454 e. The molecule has 0 bridgehead atoms. The second-order valence-corrected chi connectivity index (χ2v) is 12.3. The van der Waals surface area contributed by atoms with E-state index in [0.29, 0.717) is 29.4 Å². The van der Waals surface area contributed by atoms with Crippen LogP contribution in [-0.2, 0) is 31.4 Å². The van der Waals surface area contributed by atoms with Crippen LogP contribution in [0.2, 0.25) is 0 Å². The maximum atomic E-state index is 13.4. The molecule has 6 rings (SSSR count). The number of ketones is 1. The zero-order valence-electron chi connectivity index (χ0n) is 22.3. The standard InChI is InChI=1S/C30H33N3O6S/c34-29(30(11-12-30)23-7-10-27-28(19-23)39-21-38-27)20-24-3-1-4-26(32-24)22-5-8-25(9-6-22)40(35,36)31-13-2-14-33-15-17-37-18-16-33/h1,3-10,19,31H,2,11-18,20-21H2. The molecule has 2 fully saturated rings. The average molecular weight is 564 g/mol. The fourth-order valence-corrected chi connectivity index (χ4v) is 6.42. The molecule has 1 aromatic heterocycles. The van der Waals surface area contributed by atoms with Gasteiger partial charge in [0.2, 0.25) is 16.8 Å². The number of carbonyl (C=O) groups excluding carboxylic acids is 1. The maximum Gasteiger partial charge on any atom is 0.240 e. The number of morpholine rings is 1. The molecule has 10 heteroatoms. The van der Waals surface area contributed by atoms with E-state index in [1.54, 1.807) is 24.3 Å². The highest BCUT2D eigenvalue weighted by atomic mass is 32.2. The molecule has 3 aromatic rings. The van der Waals surface area contributed by atoms with Gasteiger partial charge < -0.3 is 14.2 Å². The lowest BCUT2D eigenvalue weighted by molar-refractivity contribution is -0.120. The molecule has 1 N–H and O–H groups in total. The van der Waals surface area contributed by atoms with E-state index in [0.717, 1.165) is 63.2 Å². The number of nitrogens with zero attached hydrogens (tertiary/aromatic N) is 2. The molecule has 0 radical (unpaired) electrons. The lowest BCUT2D eigenvalue weighted by atomic mass is 9.88. The number of sulfonamides is 1. The first-order valence-corrected chi connectivity index (χ1v) is 15.2. The number of hydrogen-bond acceptors (Lipinski definition) is 8. The monoisotopic (exact) mass is 563 g/mol. The Balaban J connectivity index is 1.07. The van der Waals surface area contributed by atoms with Gasteiger partial charge in [-0.25, -0.2) is 13.1 Å². The van der Waals surface area contributed by atoms with Gasteiger partial charge >= 0.3 is 0 Å². The number of benzene rings is 2. The van der Waals surface area contributed by atoms with Gasteiger partial charge in [-0.05, 0) is 67.8 Å². The normalized spacial score (nSPS) is 18.0. The molecule has 210 valence electrons. The topological polar surface area (TPSA) is 107 Å². The number of hydrogen-bond donors (Lipinski definition) is 1. The predicted molar refractivity (Wildman–Crippen MR) is 149 cm³/mol. The molecule has 1 saturated heterocycles. The smallest absolute Gasteiger partial charge is 0.240 e. The van der Waals surface area contributed by atoms with Crippen LogP contribution >= 0.6 is 0 Å². The van der Waals surface area contributed by atoms with Crippen LogP contribution < -0.4 is 14.2 Å². The average Bonchev–Trinajstić information content (AvgIpc) is 3.67. The van der Waals surface area contributed by atoms with Crippen molar-refractivity contribution in [1.82, 2.24) is 14.6 Å². The van der Waals surface area contributed by atoms with Crippen molar-refractivity contribution in [2.75, 3.05) is 46.2 Å². The van der Waals surface area contributed by atoms with Gasteiger partial charge in [0.15, 0.2) is 11.5 Å². The summed E-state index contributed by atoms with van der Waals surface area (Å²) in [4.78, 5) is 20.6. The number of fused-ring (bicyclic) bond motifs is 1. The summed E-state index contributed by atoms with van der Waals surface area (Å²) in [5.41, 5.74) is 2.64. The van der Waals surface area contributed by atoms with E-state index < -0.39 is 15.4 Å². The van der Waals surface area contributed by atoms with Crippen LogP contribution in [0.25, 0.3) is 11.3 Å². The number of Topliss-reactive ketones (excluding diaryl/α,β-unsaturated/α-hetero) is 1. The van der Waals surface area contributed by atoms with Crippen molar-refractivity contribution in [3.05, 3.63) is 71.9 Å². The molecule has 0 atom stereocenters. The predicted octanol–water partition coefficient (Wildman–Crippen LogP) is 3.32. The summed E-state index contributed by atoms with van der Waals surface area (Å²) < 4.78 is 44.5. The van der Waals surface area contributed by atoms with Gasteiger partial charge in [-0.1, -0.05) is 24.3 Å². The minimum atomic E-state index is -3.60. The molecular formula is C30H33N3O6S. The van der Waals surface area contributed by atoms with Gasteiger partial charge in [0.1, 0.15) is 5.78 Å². The van der Waals surface area contributed by atoms with E-state index in [1.807, 2.05) is 36.4 Å². The van der Waals surface area contributed by atoms with Gasteiger partial charge in [-0.2, -0.15) is 0 Å². The molecule has 9 nitrogen and oxygen atoms in total. The molecule has 0 spiro atoms. The Bertz CT molecular complexity index is 1480. The highest BCUT2D eigenvalue weighted by Gasteiger charge is 2.51. The van der Waals surface area contributed by atoms with Crippen molar-refractivity contribution in [2.45, 2.75) is 36.0 Å². The van der Waals surface area contributed by atoms with Crippen LogP contribution in [0, 0.1) is 0 Å². The number of rotatable bonds is 11. The molecule has 3 aliphatic rings. The lowest BCUT2D eigenvalue weighted by Crippen LogP contribution is -2.38. The highest BCUT2D eigenvalue weighted by molar-refractivity contribution is 7.89. The van der Waals surface area contributed by atoms with E-state index in [-0.39, 0.29) is 23.9 Å². The van der Waals surface area contributed by atoms with Crippen LogP contribution in [-0.4, -0.2) is 70.3 Å². The summed E-state index contributed by atoms with van der Waals surface area (Å²) in [5.74, 6) is 1.53. The van der Waals surface area contributed by atoms with Crippen molar-refractivity contribution in [3.8, 4) is 22.8 Å². The molecule has 1 saturated carbocycles. The lowest BCUT2D eigenvalue weighted by Gasteiger charge is -2.26. The molecule has 3 heterocycles. The maximum absolute atomic E-state index is 13.4. The first kappa shape index (κ1) is 26.9. The minimum absolute atomic E-state index is 0.136. The number of ether oxygens (including phenoxy) is 3. The number of aromatic nitrogens is 1. The molecule has 1 aliphatic carbocycles. The Morgan fingerprint density at radius 2 is 1.75 bits per heavy atom. The van der Waals surface area contributed by atoms with Crippen LogP contribution in [0.1, 0.15) is 30.5 Å². The fourth-order valence-electron chi connectivity index (χ4n) is 5.34. The summed E-state index contributed by atoms with van der Waals surface area (Å²) in [7, 11) is -3.60. The zero-order chi connectivity index (χ0) is 27.6. The van der Waals surface area contributed by atoms with Crippen molar-refractivity contribution in [1.29, 1.82) is 0 Å². The van der Waals surface area contributed by atoms with Crippen LogP contribution in [0.3, 0.4) is 0 Å². The summed E-state index contributed by atoms with van der Waals surface area (Å²) in [5, 5.41) is 0. The Kier molecular flexibility index (Phi) is 7.59. The van der Waals surface area contributed by atoms with E-state index in [9.17, 15) is 13.2 Å². The third-order valence-corrected chi connectivity index (χ3v) is 9.34.